The van der Waals surface area contributed by atoms with Gasteiger partial charge in [0.1, 0.15) is 6.04 Å². The first kappa shape index (κ1) is 22.8. The number of aliphatic carboxylic acids is 1. The lowest BCUT2D eigenvalue weighted by Gasteiger charge is -2.36. The van der Waals surface area contributed by atoms with Crippen LogP contribution < -0.4 is 5.32 Å². The van der Waals surface area contributed by atoms with Gasteiger partial charge in [-0.1, -0.05) is 32.0 Å². The maximum absolute atomic E-state index is 13.8. The highest BCUT2D eigenvalue weighted by Crippen LogP contribution is 2.45. The molecular weight excluding hydrogens is 428 g/mol. The number of hydrogen-bond acceptors (Lipinski definition) is 5. The first-order valence-corrected chi connectivity index (χ1v) is 11.0. The van der Waals surface area contributed by atoms with E-state index in [1.54, 1.807) is 20.8 Å². The summed E-state index contributed by atoms with van der Waals surface area (Å²) in [6.07, 6.45) is -0.800. The van der Waals surface area contributed by atoms with Crippen molar-refractivity contribution >= 4 is 34.7 Å². The molecule has 1 aromatic heterocycles. The number of nitrogens with zero attached hydrogens (tertiary/aromatic N) is 2. The summed E-state index contributed by atoms with van der Waals surface area (Å²) in [6.45, 7) is 6.58. The van der Waals surface area contributed by atoms with E-state index >= 15 is 0 Å². The number of urea groups is 1. The molecule has 0 spiro atoms. The molecule has 33 heavy (non-hydrogen) atoms. The van der Waals surface area contributed by atoms with Crippen LogP contribution in [0, 0.1) is 5.92 Å². The van der Waals surface area contributed by atoms with E-state index in [0.717, 1.165) is 21.4 Å². The van der Waals surface area contributed by atoms with Crippen LogP contribution in [0.4, 0.5) is 4.79 Å². The van der Waals surface area contributed by atoms with Crippen LogP contribution in [-0.2, 0) is 26.3 Å². The zero-order chi connectivity index (χ0) is 24.2. The Morgan fingerprint density at radius 1 is 1.18 bits per heavy atom. The molecule has 4 amide bonds. The van der Waals surface area contributed by atoms with Crippen molar-refractivity contribution in [2.75, 3.05) is 6.54 Å². The molecule has 1 aromatic carbocycles. The Labute approximate surface area is 190 Å². The molecule has 3 heterocycles. The van der Waals surface area contributed by atoms with E-state index in [1.165, 1.54) is 11.8 Å². The van der Waals surface area contributed by atoms with Crippen LogP contribution in [0.2, 0.25) is 0 Å². The largest absolute Gasteiger partial charge is 0.480 e. The fraction of sp³-hybridized carbons (Fsp3) is 0.478. The lowest BCUT2D eigenvalue weighted by atomic mass is 9.86. The average molecular weight is 456 g/mol. The van der Waals surface area contributed by atoms with Gasteiger partial charge in [0, 0.05) is 17.4 Å². The second kappa shape index (κ2) is 7.87. The third-order valence-corrected chi connectivity index (χ3v) is 6.72. The minimum Gasteiger partial charge on any atom is -0.480 e. The number of nitrogens with one attached hydrogen (secondary N) is 2. The van der Waals surface area contributed by atoms with Crippen LogP contribution >= 0.6 is 0 Å². The van der Waals surface area contributed by atoms with Gasteiger partial charge in [-0.25, -0.2) is 14.5 Å². The van der Waals surface area contributed by atoms with Gasteiger partial charge < -0.3 is 25.4 Å². The van der Waals surface area contributed by atoms with Crippen LogP contribution in [0.5, 0.6) is 0 Å². The number of aliphatic hydroxyl groups excluding tert-OH is 1. The number of H-pyrrole nitrogens is 1. The smallest absolute Gasteiger partial charge is 0.328 e. The van der Waals surface area contributed by atoms with Gasteiger partial charge in [-0.2, -0.15) is 0 Å². The normalized spacial score (nSPS) is 22.8. The molecule has 0 saturated carbocycles. The Hall–Kier alpha value is -3.40. The van der Waals surface area contributed by atoms with Crippen LogP contribution in [0.3, 0.4) is 0 Å². The third-order valence-electron chi connectivity index (χ3n) is 6.72. The summed E-state index contributed by atoms with van der Waals surface area (Å²) in [4.78, 5) is 57.6. The molecule has 4 rings (SSSR count). The summed E-state index contributed by atoms with van der Waals surface area (Å²) >= 11 is 0. The van der Waals surface area contributed by atoms with E-state index in [-0.39, 0.29) is 0 Å². The Bertz CT molecular complexity index is 1160. The maximum Gasteiger partial charge on any atom is 0.328 e. The van der Waals surface area contributed by atoms with Gasteiger partial charge in [0.2, 0.25) is 5.91 Å². The van der Waals surface area contributed by atoms with Gasteiger partial charge in [-0.15, -0.1) is 0 Å². The van der Waals surface area contributed by atoms with Crippen molar-refractivity contribution in [3.63, 3.8) is 0 Å². The number of aromatic nitrogens is 1. The molecule has 0 bridgehead atoms. The molecule has 2 aromatic rings. The number of rotatable bonds is 6. The standard InChI is InChI=1S/C23H28N4O6/c1-11(2)17(19(29)25-16(12(3)28)20(30)31)27-21(32)23(4)18-14(9-10-26(23)22(27)33)13-7-5-6-8-15(13)24-18/h5-8,11-12,16-17,24,28H,9-10H2,1-4H3,(H,25,29)(H,30,31)/t12-,16+,17+,23+/m1/s1. The fourth-order valence-electron chi connectivity index (χ4n) is 5.01. The van der Waals surface area contributed by atoms with Crippen molar-refractivity contribution in [1.29, 1.82) is 0 Å². The number of carboxylic acid groups (broad SMARTS) is 1. The molecule has 0 aliphatic carbocycles. The van der Waals surface area contributed by atoms with Crippen LogP contribution in [0.15, 0.2) is 24.3 Å². The topological polar surface area (TPSA) is 143 Å². The maximum atomic E-state index is 13.8. The number of carbonyl (C=O) groups is 4. The summed E-state index contributed by atoms with van der Waals surface area (Å²) in [5.74, 6) is -3.25. The van der Waals surface area contributed by atoms with E-state index in [4.69, 9.17) is 0 Å². The lowest BCUT2D eigenvalue weighted by Crippen LogP contribution is -2.58. The van der Waals surface area contributed by atoms with Gasteiger partial charge >= 0.3 is 12.0 Å². The van der Waals surface area contributed by atoms with Crippen molar-refractivity contribution in [3.8, 4) is 0 Å². The monoisotopic (exact) mass is 456 g/mol. The predicted molar refractivity (Wildman–Crippen MR) is 118 cm³/mol. The van der Waals surface area contributed by atoms with Crippen molar-refractivity contribution < 1.29 is 29.4 Å². The first-order valence-electron chi connectivity index (χ1n) is 11.0. The summed E-state index contributed by atoms with van der Waals surface area (Å²) in [5.41, 5.74) is 1.15. The van der Waals surface area contributed by atoms with Gasteiger partial charge in [0.25, 0.3) is 5.91 Å². The van der Waals surface area contributed by atoms with Crippen LogP contribution in [0.25, 0.3) is 10.9 Å². The number of carboxylic acids is 1. The number of benzene rings is 1. The Kier molecular flexibility index (Phi) is 5.44. The number of para-hydroxylation sites is 1. The molecule has 4 atom stereocenters. The minimum absolute atomic E-state index is 0.310. The zero-order valence-electron chi connectivity index (χ0n) is 19.0. The number of aliphatic hydroxyl groups is 1. The van der Waals surface area contributed by atoms with E-state index in [0.29, 0.717) is 18.7 Å². The number of carbonyl (C=O) groups excluding carboxylic acids is 3. The van der Waals surface area contributed by atoms with Gasteiger partial charge in [0.15, 0.2) is 11.6 Å². The molecule has 10 nitrogen and oxygen atoms in total. The SMILES string of the molecule is CC(C)[C@@H](C(=O)N[C@H](C(=O)O)[C@@H](C)O)N1C(=O)N2CCc3c([nH]c4ccccc34)[C@@]2(C)C1=O. The quantitative estimate of drug-likeness (QED) is 0.481. The zero-order valence-corrected chi connectivity index (χ0v) is 19.0. The molecule has 1 fully saturated rings. The van der Waals surface area contributed by atoms with Gasteiger partial charge in [-0.3, -0.25) is 9.59 Å². The highest BCUT2D eigenvalue weighted by molar-refractivity contribution is 6.11. The van der Waals surface area contributed by atoms with Crippen molar-refractivity contribution in [3.05, 3.63) is 35.5 Å². The number of imide groups is 1. The van der Waals surface area contributed by atoms with E-state index in [1.807, 2.05) is 24.3 Å². The predicted octanol–water partition coefficient (Wildman–Crippen LogP) is 1.18. The Morgan fingerprint density at radius 3 is 2.45 bits per heavy atom. The highest BCUT2D eigenvalue weighted by atomic mass is 16.4. The fourth-order valence-corrected chi connectivity index (χ4v) is 5.01. The molecule has 0 radical (unpaired) electrons. The summed E-state index contributed by atoms with van der Waals surface area (Å²) in [5, 5.41) is 22.4. The summed E-state index contributed by atoms with van der Waals surface area (Å²) in [7, 11) is 0. The van der Waals surface area contributed by atoms with E-state index < -0.39 is 53.5 Å². The molecule has 4 N–H and O–H groups in total. The first-order chi connectivity index (χ1) is 15.5. The highest BCUT2D eigenvalue weighted by Gasteiger charge is 2.61. The van der Waals surface area contributed by atoms with Gasteiger partial charge in [0.05, 0.1) is 11.8 Å². The van der Waals surface area contributed by atoms with Gasteiger partial charge in [-0.05, 0) is 37.8 Å². The number of aromatic amines is 1. The van der Waals surface area contributed by atoms with E-state index in [9.17, 15) is 29.4 Å². The molecule has 0 unspecified atom stereocenters. The number of hydrogen-bond donors (Lipinski definition) is 4. The summed E-state index contributed by atoms with van der Waals surface area (Å²) in [6, 6.07) is 4.29. The molecule has 2 aliphatic heterocycles. The molecule has 2 aliphatic rings. The third kappa shape index (κ3) is 3.28. The van der Waals surface area contributed by atoms with Crippen LogP contribution in [-0.4, -0.2) is 73.5 Å². The lowest BCUT2D eigenvalue weighted by molar-refractivity contribution is -0.147. The van der Waals surface area contributed by atoms with Crippen molar-refractivity contribution in [2.45, 2.75) is 57.8 Å². The number of amides is 4. The average Bonchev–Trinajstić information content (AvgIpc) is 3.21. The van der Waals surface area contributed by atoms with Crippen molar-refractivity contribution in [2.24, 2.45) is 5.92 Å². The number of fused-ring (bicyclic) bond motifs is 5. The minimum atomic E-state index is -1.56. The molecule has 10 heteroatoms. The second-order valence-electron chi connectivity index (χ2n) is 9.21. The molecular formula is C23H28N4O6. The molecule has 176 valence electrons. The second-order valence-corrected chi connectivity index (χ2v) is 9.21. The molecule has 1 saturated heterocycles. The summed E-state index contributed by atoms with van der Waals surface area (Å²) < 4.78 is 0. The van der Waals surface area contributed by atoms with Crippen LogP contribution in [0.1, 0.15) is 39.0 Å². The Balaban J connectivity index is 1.74. The van der Waals surface area contributed by atoms with E-state index in [2.05, 4.69) is 10.3 Å². The van der Waals surface area contributed by atoms with Crippen molar-refractivity contribution in [1.82, 2.24) is 20.1 Å². The Morgan fingerprint density at radius 2 is 1.85 bits per heavy atom.